The van der Waals surface area contributed by atoms with Crippen molar-refractivity contribution < 1.29 is 72.7 Å². The zero-order valence-corrected chi connectivity index (χ0v) is 55.3. The third kappa shape index (κ3) is 31.7. The number of nitrogens with zero attached hydrogens (tertiary/aromatic N) is 3. The number of alkyl halides is 2. The minimum atomic E-state index is -1.05. The predicted octanol–water partition coefficient (Wildman–Crippen LogP) is 8.86. The minimum Gasteiger partial charge on any atom is -0.460 e. The maximum atomic E-state index is 12.6. The Labute approximate surface area is 518 Å². The lowest BCUT2D eigenvalue weighted by atomic mass is 10.1. The van der Waals surface area contributed by atoms with Crippen molar-refractivity contribution in [2.24, 2.45) is 5.84 Å². The highest BCUT2D eigenvalue weighted by Gasteiger charge is 2.36. The van der Waals surface area contributed by atoms with Gasteiger partial charge in [-0.15, -0.1) is 0 Å². The summed E-state index contributed by atoms with van der Waals surface area (Å²) in [6.45, 7) is 34.2. The summed E-state index contributed by atoms with van der Waals surface area (Å²) in [5.74, 6) is 1.82. The number of carbonyl (C=O) groups excluding carboxylic acids is 10. The molecular weight excluding hydrogens is 1180 g/mol. The molecule has 2 aliphatic heterocycles. The van der Waals surface area contributed by atoms with Crippen LogP contribution in [0.15, 0.2) is 48.5 Å². The number of fused-ring (bicyclic) bond motifs is 2. The molecule has 7 N–H and O–H groups in total. The number of unbranched alkanes of at least 4 members (excludes halogenated alkanes) is 2. The van der Waals surface area contributed by atoms with Crippen LogP contribution in [-0.4, -0.2) is 160 Å². The van der Waals surface area contributed by atoms with Crippen molar-refractivity contribution >= 4 is 75.5 Å². The van der Waals surface area contributed by atoms with E-state index in [-0.39, 0.29) is 55.9 Å². The van der Waals surface area contributed by atoms with E-state index >= 15 is 0 Å². The first-order chi connectivity index (χ1) is 40.3. The number of nitrogens with two attached hydrogens (primary N) is 1. The van der Waals surface area contributed by atoms with Crippen molar-refractivity contribution in [1.82, 2.24) is 41.6 Å². The topological polar surface area (TPSA) is 304 Å². The van der Waals surface area contributed by atoms with Gasteiger partial charge in [-0.05, 0) is 180 Å². The molecule has 2 aromatic carbocycles. The van der Waals surface area contributed by atoms with Crippen LogP contribution in [-0.2, 0) is 38.1 Å². The number of hydrazine groups is 2. The van der Waals surface area contributed by atoms with E-state index in [0.717, 1.165) is 24.7 Å². The summed E-state index contributed by atoms with van der Waals surface area (Å²) >= 11 is 3.33. The first kappa shape index (κ1) is 77.4. The first-order valence-electron chi connectivity index (χ1n) is 29.5. The fourth-order valence-corrected chi connectivity index (χ4v) is 8.55. The van der Waals surface area contributed by atoms with Crippen LogP contribution in [0.4, 0.5) is 14.0 Å². The van der Waals surface area contributed by atoms with Crippen LogP contribution in [0.2, 0.25) is 0 Å². The van der Waals surface area contributed by atoms with Gasteiger partial charge in [-0.1, -0.05) is 47.1 Å². The highest BCUT2D eigenvalue weighted by Crippen LogP contribution is 2.24. The van der Waals surface area contributed by atoms with E-state index in [2.05, 4.69) is 76.9 Å². The molecule has 2 heterocycles. The molecule has 0 spiro atoms. The summed E-state index contributed by atoms with van der Waals surface area (Å²) in [5.41, 5.74) is 6.20. The van der Waals surface area contributed by atoms with E-state index in [4.69, 9.17) is 26.2 Å². The summed E-state index contributed by atoms with van der Waals surface area (Å²) in [6, 6.07) is 11.6. The molecule has 0 saturated carbocycles. The summed E-state index contributed by atoms with van der Waals surface area (Å²) in [7, 11) is -1.00. The number of amides is 8. The molecule has 8 amide bonds. The number of benzene rings is 2. The average Bonchev–Trinajstić information content (AvgIpc) is 1.73. The Balaban J connectivity index is 0.00000125. The molecule has 0 fully saturated rings. The normalized spacial score (nSPS) is 13.6. The first-order valence-corrected chi connectivity index (χ1v) is 29.9. The van der Waals surface area contributed by atoms with Gasteiger partial charge in [0.05, 0.1) is 30.8 Å². The van der Waals surface area contributed by atoms with Gasteiger partial charge in [0.2, 0.25) is 0 Å². The molecule has 0 unspecified atom stereocenters. The fraction of sp³-hybridized carbons (Fsp3) is 0.639. The Hall–Kier alpha value is -6.57. The van der Waals surface area contributed by atoms with Gasteiger partial charge in [0.25, 0.3) is 23.6 Å². The molecule has 0 radical (unpaired) electrons. The molecule has 0 bridgehead atoms. The maximum Gasteiger partial charge on any atom is 0.329 e. The fourth-order valence-electron chi connectivity index (χ4n) is 8.15. The van der Waals surface area contributed by atoms with E-state index in [1.54, 1.807) is 132 Å². The number of imide groups is 2. The van der Waals surface area contributed by atoms with Crippen molar-refractivity contribution in [1.29, 1.82) is 0 Å². The summed E-state index contributed by atoms with van der Waals surface area (Å²) in [5, 5.41) is 5.77. The van der Waals surface area contributed by atoms with Crippen molar-refractivity contribution in [2.75, 3.05) is 38.7 Å². The average molecular weight is 1280 g/mol. The third-order valence-corrected chi connectivity index (χ3v) is 12.1. The van der Waals surface area contributed by atoms with Crippen molar-refractivity contribution in [2.45, 2.75) is 216 Å². The van der Waals surface area contributed by atoms with Crippen molar-refractivity contribution in [3.8, 4) is 0 Å². The SMILES string of the molecule is CC(C)(C)OC(=O)CC[C@H](NC(=O)NN)C(=O)OC(C)(C)C.CC(C)(C)OC(=O)CC[C@H](NC(=O)NNCCCCN1C(=O)c2ccccc2C1=O)C(=O)OC(C)(C)C.CCN(C(C)C)C(C)C.O=C1c2ccccc2C(=O)N1CCCCBr.[2H]CF. The standard InChI is InChI=1S/C26H38N4O7.C14H27N3O5.C12H12BrNO2.C8H19N.CH3F/c1-25(2,3)36-20(31)14-13-19(23(34)37-26(4,5)6)28-24(35)29-27-15-9-10-16-30-21(32)17-11-7-8-12-18(17)22(30)33;1-13(2,3)21-10(18)8-7-9(16-12(20)17-15)11(19)22-14(4,5)6;13-7-3-4-8-14-11(15)9-5-1-2-6-10(9)12(14)16;1-6-9(7(2)3)8(4)5;1-2/h7-8,11-12,19,27H,9-10,13-16H2,1-6H3,(H2,28,29,35);9H,7-8,15H2,1-6H3,(H2,16,17,20);1-2,5-6H,3-4,7-8H2;7-8H,6H2,1-5H3;1H3/t19-;9-;;;/m00.../s1/i;;;;1D. The molecule has 86 heavy (non-hydrogen) atoms. The number of hydrogen-bond donors (Lipinski definition) is 6. The van der Waals surface area contributed by atoms with Gasteiger partial charge in [-0.3, -0.25) is 58.7 Å². The number of nitrogens with one attached hydrogen (secondary N) is 5. The third-order valence-electron chi connectivity index (χ3n) is 11.6. The van der Waals surface area contributed by atoms with Crippen LogP contribution in [0.1, 0.15) is 212 Å². The van der Waals surface area contributed by atoms with Gasteiger partial charge in [-0.2, -0.15) is 0 Å². The van der Waals surface area contributed by atoms with Crippen LogP contribution in [0.5, 0.6) is 0 Å². The predicted molar refractivity (Wildman–Crippen MR) is 331 cm³/mol. The second kappa shape index (κ2) is 38.6. The van der Waals surface area contributed by atoms with Crippen molar-refractivity contribution in [3.63, 3.8) is 0 Å². The molecule has 0 saturated heterocycles. The lowest BCUT2D eigenvalue weighted by Crippen LogP contribution is -2.51. The van der Waals surface area contributed by atoms with Gasteiger partial charge in [0, 0.05) is 49.9 Å². The number of halogens is 2. The molecule has 2 atom stereocenters. The van der Waals surface area contributed by atoms with Gasteiger partial charge in [0.15, 0.2) is 0 Å². The summed E-state index contributed by atoms with van der Waals surface area (Å²) in [6.07, 6.45) is 2.87. The Morgan fingerprint density at radius 3 is 1.19 bits per heavy atom. The van der Waals surface area contributed by atoms with E-state index in [0.29, 0.717) is 60.3 Å². The van der Waals surface area contributed by atoms with Gasteiger partial charge < -0.3 is 29.6 Å². The molecule has 4 rings (SSSR count). The van der Waals surface area contributed by atoms with Crippen LogP contribution in [0.25, 0.3) is 0 Å². The zero-order chi connectivity index (χ0) is 67.0. The van der Waals surface area contributed by atoms with Gasteiger partial charge in [-0.25, -0.2) is 30.4 Å². The van der Waals surface area contributed by atoms with E-state index < -0.39 is 77.6 Å². The molecule has 23 nitrogen and oxygen atoms in total. The quantitative estimate of drug-likeness (QED) is 0.00884. The monoisotopic (exact) mass is 1280 g/mol. The Kier molecular flexibility index (Phi) is 34.7. The molecule has 2 aromatic rings. The number of carbonyl (C=O) groups is 10. The van der Waals surface area contributed by atoms with Crippen LogP contribution in [0, 0.1) is 0 Å². The summed E-state index contributed by atoms with van der Waals surface area (Å²) < 4.78 is 36.5. The molecule has 2 aliphatic rings. The lowest BCUT2D eigenvalue weighted by Gasteiger charge is -2.28. The van der Waals surface area contributed by atoms with Crippen LogP contribution in [0.3, 0.4) is 0 Å². The smallest absolute Gasteiger partial charge is 0.329 e. The number of ether oxygens (including phenoxy) is 4. The highest BCUT2D eigenvalue weighted by atomic mass is 79.9. The molecular formula is C61H99BrFN9O14. The summed E-state index contributed by atoms with van der Waals surface area (Å²) in [4.78, 5) is 126. The number of hydrogen-bond acceptors (Lipinski definition) is 17. The Bertz CT molecular complexity index is 2470. The molecule has 0 aromatic heterocycles. The van der Waals surface area contributed by atoms with Gasteiger partial charge >= 0.3 is 35.9 Å². The van der Waals surface area contributed by atoms with Gasteiger partial charge in [0.1, 0.15) is 34.5 Å². The van der Waals surface area contributed by atoms with E-state index in [1.165, 1.54) is 9.80 Å². The minimum absolute atomic E-state index is 0.0114. The zero-order valence-electron chi connectivity index (χ0n) is 54.7. The second-order valence-electron chi connectivity index (χ2n) is 24.3. The van der Waals surface area contributed by atoms with E-state index in [1.807, 2.05) is 5.43 Å². The maximum absolute atomic E-state index is 12.6. The number of esters is 4. The molecule has 0 aliphatic carbocycles. The number of urea groups is 2. The van der Waals surface area contributed by atoms with Crippen LogP contribution >= 0.6 is 15.9 Å². The van der Waals surface area contributed by atoms with Crippen LogP contribution < -0.4 is 32.8 Å². The molecule has 25 heteroatoms. The molecule has 486 valence electrons. The second-order valence-corrected chi connectivity index (χ2v) is 25.1. The highest BCUT2D eigenvalue weighted by molar-refractivity contribution is 9.09. The lowest BCUT2D eigenvalue weighted by molar-refractivity contribution is -0.160. The Morgan fingerprint density at radius 1 is 0.581 bits per heavy atom. The number of rotatable bonds is 23. The van der Waals surface area contributed by atoms with E-state index in [9.17, 15) is 52.3 Å². The van der Waals surface area contributed by atoms with Crippen molar-refractivity contribution in [3.05, 3.63) is 70.8 Å². The largest absolute Gasteiger partial charge is 0.460 e. The Morgan fingerprint density at radius 2 is 0.907 bits per heavy atom.